The van der Waals surface area contributed by atoms with E-state index >= 15 is 0 Å². The molecule has 22 heavy (non-hydrogen) atoms. The summed E-state index contributed by atoms with van der Waals surface area (Å²) in [4.78, 5) is 20.0. The molecule has 0 aromatic carbocycles. The van der Waals surface area contributed by atoms with Gasteiger partial charge in [-0.1, -0.05) is 6.92 Å². The molecule has 1 amide bonds. The van der Waals surface area contributed by atoms with Crippen LogP contribution in [0.1, 0.15) is 27.2 Å². The van der Waals surface area contributed by atoms with Crippen LogP contribution in [0, 0.1) is 0 Å². The first kappa shape index (κ1) is 16.3. The molecule has 1 unspecified atom stereocenters. The maximum atomic E-state index is 11.7. The first-order valence-corrected chi connectivity index (χ1v) is 7.77. The minimum Gasteiger partial charge on any atom is -0.450 e. The van der Waals surface area contributed by atoms with E-state index in [0.717, 1.165) is 12.2 Å². The third kappa shape index (κ3) is 4.19. The molecule has 8 nitrogen and oxygen atoms in total. The van der Waals surface area contributed by atoms with E-state index in [1.165, 1.54) is 0 Å². The van der Waals surface area contributed by atoms with E-state index in [1.54, 1.807) is 11.1 Å². The standard InChI is InChI=1S/C14H24N6O2/c1-4-11(3)16-13-17-12(10-15-18-13)19-6-8-20(9-7-19)14(21)22-5-2/h10-11H,4-9H2,1-3H3,(H,16,17,18). The average Bonchev–Trinajstić information content (AvgIpc) is 2.55. The summed E-state index contributed by atoms with van der Waals surface area (Å²) >= 11 is 0. The highest BCUT2D eigenvalue weighted by Crippen LogP contribution is 2.14. The van der Waals surface area contributed by atoms with Gasteiger partial charge in [0.25, 0.3) is 0 Å². The maximum absolute atomic E-state index is 11.7. The van der Waals surface area contributed by atoms with Crippen LogP contribution in [0.3, 0.4) is 0 Å². The first-order chi connectivity index (χ1) is 10.6. The minimum absolute atomic E-state index is 0.248. The second-order valence-electron chi connectivity index (χ2n) is 5.26. The molecule has 0 aliphatic carbocycles. The quantitative estimate of drug-likeness (QED) is 0.879. The summed E-state index contributed by atoms with van der Waals surface area (Å²) < 4.78 is 5.02. The predicted molar refractivity (Wildman–Crippen MR) is 84.0 cm³/mol. The van der Waals surface area contributed by atoms with Gasteiger partial charge in [-0.3, -0.25) is 0 Å². The van der Waals surface area contributed by atoms with Crippen molar-refractivity contribution in [3.63, 3.8) is 0 Å². The Kier molecular flexibility index (Phi) is 5.74. The number of nitrogens with one attached hydrogen (secondary N) is 1. The second-order valence-corrected chi connectivity index (χ2v) is 5.26. The highest BCUT2D eigenvalue weighted by atomic mass is 16.6. The van der Waals surface area contributed by atoms with Crippen LogP contribution in [0.2, 0.25) is 0 Å². The zero-order chi connectivity index (χ0) is 15.9. The van der Waals surface area contributed by atoms with E-state index in [1.807, 2.05) is 6.92 Å². The molecule has 8 heteroatoms. The van der Waals surface area contributed by atoms with Gasteiger partial charge < -0.3 is 19.9 Å². The number of nitrogens with zero attached hydrogens (tertiary/aromatic N) is 5. The van der Waals surface area contributed by atoms with Crippen LogP contribution in [-0.4, -0.2) is 65.0 Å². The van der Waals surface area contributed by atoms with Gasteiger partial charge in [-0.2, -0.15) is 10.1 Å². The van der Waals surface area contributed by atoms with Crippen LogP contribution < -0.4 is 10.2 Å². The molecule has 1 N–H and O–H groups in total. The molecule has 1 aliphatic rings. The van der Waals surface area contributed by atoms with Crippen molar-refractivity contribution in [1.29, 1.82) is 0 Å². The maximum Gasteiger partial charge on any atom is 0.409 e. The molecule has 2 heterocycles. The van der Waals surface area contributed by atoms with Crippen LogP contribution in [0.25, 0.3) is 0 Å². The van der Waals surface area contributed by atoms with Crippen molar-refractivity contribution in [3.05, 3.63) is 6.20 Å². The molecular weight excluding hydrogens is 284 g/mol. The van der Waals surface area contributed by atoms with E-state index in [0.29, 0.717) is 44.8 Å². The molecule has 1 fully saturated rings. The van der Waals surface area contributed by atoms with E-state index < -0.39 is 0 Å². The normalized spacial score (nSPS) is 16.3. The van der Waals surface area contributed by atoms with Crippen molar-refractivity contribution in [2.45, 2.75) is 33.2 Å². The number of carbonyl (C=O) groups is 1. The van der Waals surface area contributed by atoms with Gasteiger partial charge in [-0.25, -0.2) is 4.79 Å². The number of hydrogen-bond acceptors (Lipinski definition) is 7. The van der Waals surface area contributed by atoms with Gasteiger partial charge in [0.2, 0.25) is 5.95 Å². The number of amides is 1. The molecule has 1 atom stereocenters. The predicted octanol–water partition coefficient (Wildman–Crippen LogP) is 1.36. The van der Waals surface area contributed by atoms with Gasteiger partial charge >= 0.3 is 6.09 Å². The number of ether oxygens (including phenoxy) is 1. The van der Waals surface area contributed by atoms with Crippen molar-refractivity contribution >= 4 is 17.9 Å². The molecule has 122 valence electrons. The molecule has 2 rings (SSSR count). The Morgan fingerprint density at radius 2 is 2.09 bits per heavy atom. The highest BCUT2D eigenvalue weighted by molar-refractivity contribution is 5.68. The van der Waals surface area contributed by atoms with Crippen LogP contribution in [0.5, 0.6) is 0 Å². The Bertz CT molecular complexity index is 490. The van der Waals surface area contributed by atoms with Crippen LogP contribution in [0.4, 0.5) is 16.6 Å². The van der Waals surface area contributed by atoms with Crippen LogP contribution in [0.15, 0.2) is 6.20 Å². The molecular formula is C14H24N6O2. The van der Waals surface area contributed by atoms with Gasteiger partial charge in [0.15, 0.2) is 5.82 Å². The Morgan fingerprint density at radius 3 is 2.73 bits per heavy atom. The summed E-state index contributed by atoms with van der Waals surface area (Å²) in [5, 5.41) is 11.2. The Morgan fingerprint density at radius 1 is 1.36 bits per heavy atom. The number of hydrogen-bond donors (Lipinski definition) is 1. The van der Waals surface area contributed by atoms with Gasteiger partial charge in [0, 0.05) is 32.2 Å². The zero-order valence-corrected chi connectivity index (χ0v) is 13.4. The molecule has 1 aromatic rings. The molecule has 1 aromatic heterocycles. The van der Waals surface area contributed by atoms with Crippen molar-refractivity contribution in [3.8, 4) is 0 Å². The van der Waals surface area contributed by atoms with Gasteiger partial charge in [0.1, 0.15) is 0 Å². The third-order valence-electron chi connectivity index (χ3n) is 3.66. The summed E-state index contributed by atoms with van der Waals surface area (Å²) in [5.41, 5.74) is 0. The topological polar surface area (TPSA) is 83.5 Å². The molecule has 0 spiro atoms. The Hall–Kier alpha value is -2.12. The summed E-state index contributed by atoms with van der Waals surface area (Å²) in [6.45, 7) is 9.05. The van der Waals surface area contributed by atoms with Gasteiger partial charge in [-0.15, -0.1) is 5.10 Å². The molecule has 0 saturated carbocycles. The van der Waals surface area contributed by atoms with Gasteiger partial charge in [-0.05, 0) is 20.3 Å². The van der Waals surface area contributed by atoms with Crippen molar-refractivity contribution < 1.29 is 9.53 Å². The van der Waals surface area contributed by atoms with Crippen LogP contribution in [-0.2, 0) is 4.74 Å². The summed E-state index contributed by atoms with van der Waals surface area (Å²) in [6.07, 6.45) is 2.40. The molecule has 0 radical (unpaired) electrons. The minimum atomic E-state index is -0.248. The lowest BCUT2D eigenvalue weighted by Gasteiger charge is -2.34. The first-order valence-electron chi connectivity index (χ1n) is 7.77. The highest BCUT2D eigenvalue weighted by Gasteiger charge is 2.23. The van der Waals surface area contributed by atoms with Gasteiger partial charge in [0.05, 0.1) is 12.8 Å². The SMILES string of the molecule is CCOC(=O)N1CCN(c2cnnc(NC(C)CC)n2)CC1. The van der Waals surface area contributed by atoms with Crippen molar-refractivity contribution in [2.75, 3.05) is 43.0 Å². The van der Waals surface area contributed by atoms with E-state index in [-0.39, 0.29) is 6.09 Å². The van der Waals surface area contributed by atoms with E-state index in [9.17, 15) is 4.79 Å². The Labute approximate surface area is 130 Å². The summed E-state index contributed by atoms with van der Waals surface area (Å²) in [6, 6.07) is 0.303. The monoisotopic (exact) mass is 308 g/mol. The molecule has 0 bridgehead atoms. The van der Waals surface area contributed by atoms with Crippen LogP contribution >= 0.6 is 0 Å². The molecule has 1 saturated heterocycles. The lowest BCUT2D eigenvalue weighted by atomic mass is 10.3. The number of piperazine rings is 1. The van der Waals surface area contributed by atoms with E-state index in [4.69, 9.17) is 4.74 Å². The Balaban J connectivity index is 1.93. The molecule has 1 aliphatic heterocycles. The zero-order valence-electron chi connectivity index (χ0n) is 13.4. The number of rotatable bonds is 5. The van der Waals surface area contributed by atoms with E-state index in [2.05, 4.69) is 39.2 Å². The summed E-state index contributed by atoms with van der Waals surface area (Å²) in [7, 11) is 0. The number of anilines is 2. The number of aromatic nitrogens is 3. The number of carbonyl (C=O) groups excluding carboxylic acids is 1. The lowest BCUT2D eigenvalue weighted by molar-refractivity contribution is 0.105. The smallest absolute Gasteiger partial charge is 0.409 e. The fraction of sp³-hybridized carbons (Fsp3) is 0.714. The fourth-order valence-electron chi connectivity index (χ4n) is 2.16. The average molecular weight is 308 g/mol. The largest absolute Gasteiger partial charge is 0.450 e. The van der Waals surface area contributed by atoms with Crippen molar-refractivity contribution in [1.82, 2.24) is 20.1 Å². The van der Waals surface area contributed by atoms with Crippen molar-refractivity contribution in [2.24, 2.45) is 0 Å². The summed E-state index contributed by atoms with van der Waals surface area (Å²) in [5.74, 6) is 1.32. The fourth-order valence-corrected chi connectivity index (χ4v) is 2.16. The lowest BCUT2D eigenvalue weighted by Crippen LogP contribution is -2.49. The second kappa shape index (κ2) is 7.77. The third-order valence-corrected chi connectivity index (χ3v) is 3.66.